The molecular weight excluding hydrogens is 224 g/mol. The highest BCUT2D eigenvalue weighted by Crippen LogP contribution is 2.41. The van der Waals surface area contributed by atoms with Gasteiger partial charge in [0.15, 0.2) is 0 Å². The van der Waals surface area contributed by atoms with E-state index in [1.807, 2.05) is 13.0 Å². The Morgan fingerprint density at radius 3 is 2.00 bits per heavy atom. The van der Waals surface area contributed by atoms with Crippen molar-refractivity contribution >= 4 is 0 Å². The van der Waals surface area contributed by atoms with Crippen LogP contribution >= 0.6 is 0 Å². The summed E-state index contributed by atoms with van der Waals surface area (Å²) in [4.78, 5) is 0. The van der Waals surface area contributed by atoms with Gasteiger partial charge in [0.05, 0.1) is 14.2 Å². The average Bonchev–Trinajstić information content (AvgIpc) is 2.34. The van der Waals surface area contributed by atoms with Gasteiger partial charge in [-0.3, -0.25) is 0 Å². The van der Waals surface area contributed by atoms with Crippen LogP contribution in [0.4, 0.5) is 0 Å². The van der Waals surface area contributed by atoms with E-state index in [0.29, 0.717) is 11.8 Å². The maximum Gasteiger partial charge on any atom is 0.126 e. The highest BCUT2D eigenvalue weighted by atomic mass is 16.5. The van der Waals surface area contributed by atoms with Gasteiger partial charge >= 0.3 is 0 Å². The minimum absolute atomic E-state index is 0.369. The van der Waals surface area contributed by atoms with E-state index in [4.69, 9.17) is 9.47 Å². The number of rotatable bonds is 6. The summed E-state index contributed by atoms with van der Waals surface area (Å²) in [5.74, 6) is 2.70. The molecule has 0 aliphatic carbocycles. The van der Waals surface area contributed by atoms with E-state index >= 15 is 0 Å². The lowest BCUT2D eigenvalue weighted by Gasteiger charge is -2.24. The molecule has 0 heterocycles. The second-order valence-corrected chi connectivity index (χ2v) is 4.96. The number of hydrogen-bond acceptors (Lipinski definition) is 2. The summed E-state index contributed by atoms with van der Waals surface area (Å²) < 4.78 is 11.1. The lowest BCUT2D eigenvalue weighted by Crippen LogP contribution is -2.10. The van der Waals surface area contributed by atoms with Gasteiger partial charge in [-0.25, -0.2) is 0 Å². The summed E-state index contributed by atoms with van der Waals surface area (Å²) >= 11 is 0. The van der Waals surface area contributed by atoms with Crippen LogP contribution in [-0.2, 0) is 0 Å². The molecule has 1 unspecified atom stereocenters. The third kappa shape index (κ3) is 3.06. The van der Waals surface area contributed by atoms with Gasteiger partial charge in [0.2, 0.25) is 0 Å². The molecule has 0 saturated heterocycles. The molecule has 2 nitrogen and oxygen atoms in total. The summed E-state index contributed by atoms with van der Waals surface area (Å²) in [6, 6.07) is 4.13. The summed E-state index contributed by atoms with van der Waals surface area (Å²) in [7, 11) is 3.42. The smallest absolute Gasteiger partial charge is 0.126 e. The van der Waals surface area contributed by atoms with Crippen LogP contribution in [0, 0.1) is 12.8 Å². The second-order valence-electron chi connectivity index (χ2n) is 4.96. The zero-order valence-corrected chi connectivity index (χ0v) is 12.1. The van der Waals surface area contributed by atoms with Crippen LogP contribution in [0.1, 0.15) is 37.3 Å². The molecule has 0 N–H and O–H groups in total. The molecule has 0 aliphatic rings. The zero-order chi connectivity index (χ0) is 13.7. The molecular formula is C16H24O2. The van der Waals surface area contributed by atoms with Gasteiger partial charge in [0.1, 0.15) is 11.5 Å². The monoisotopic (exact) mass is 248 g/mol. The van der Waals surface area contributed by atoms with Crippen LogP contribution < -0.4 is 9.47 Å². The van der Waals surface area contributed by atoms with Gasteiger partial charge < -0.3 is 9.47 Å². The Labute approximate surface area is 111 Å². The van der Waals surface area contributed by atoms with Crippen molar-refractivity contribution in [1.82, 2.24) is 0 Å². The van der Waals surface area contributed by atoms with Crippen LogP contribution in [0.2, 0.25) is 0 Å². The van der Waals surface area contributed by atoms with E-state index in [9.17, 15) is 0 Å². The normalized spacial score (nSPS) is 12.3. The largest absolute Gasteiger partial charge is 0.496 e. The predicted octanol–water partition coefficient (Wildman–Crippen LogP) is 4.33. The highest BCUT2D eigenvalue weighted by Gasteiger charge is 2.23. The van der Waals surface area contributed by atoms with Crippen molar-refractivity contribution < 1.29 is 9.47 Å². The maximum atomic E-state index is 5.53. The molecule has 0 saturated carbocycles. The third-order valence-electron chi connectivity index (χ3n) is 3.28. The molecule has 18 heavy (non-hydrogen) atoms. The van der Waals surface area contributed by atoms with E-state index in [-0.39, 0.29) is 0 Å². The molecule has 1 aromatic carbocycles. The first-order valence-corrected chi connectivity index (χ1v) is 6.38. The highest BCUT2D eigenvalue weighted by molar-refractivity contribution is 5.50. The van der Waals surface area contributed by atoms with Crippen LogP contribution in [-0.4, -0.2) is 14.2 Å². The minimum Gasteiger partial charge on any atom is -0.496 e. The van der Waals surface area contributed by atoms with Gasteiger partial charge in [-0.15, -0.1) is 6.58 Å². The average molecular weight is 248 g/mol. The Kier molecular flexibility index (Phi) is 5.26. The van der Waals surface area contributed by atoms with Crippen LogP contribution in [0.3, 0.4) is 0 Å². The topological polar surface area (TPSA) is 18.5 Å². The SMILES string of the molecule is C=CCC(c1c(OC)cc(C)cc1OC)C(C)C. The number of ether oxygens (including phenoxy) is 2. The Hall–Kier alpha value is -1.44. The lowest BCUT2D eigenvalue weighted by molar-refractivity contribution is 0.365. The van der Waals surface area contributed by atoms with Gasteiger partial charge in [0.25, 0.3) is 0 Å². The van der Waals surface area contributed by atoms with Crippen molar-refractivity contribution in [3.8, 4) is 11.5 Å². The fourth-order valence-electron chi connectivity index (χ4n) is 2.34. The maximum absolute atomic E-state index is 5.53. The number of allylic oxidation sites excluding steroid dienone is 1. The Bertz CT molecular complexity index is 383. The number of aryl methyl sites for hydroxylation is 1. The first kappa shape index (κ1) is 14.6. The number of hydrogen-bond donors (Lipinski definition) is 0. The summed E-state index contributed by atoms with van der Waals surface area (Å²) in [5.41, 5.74) is 2.30. The molecule has 100 valence electrons. The number of benzene rings is 1. The number of methoxy groups -OCH3 is 2. The fraction of sp³-hybridized carbons (Fsp3) is 0.500. The molecule has 0 fully saturated rings. The third-order valence-corrected chi connectivity index (χ3v) is 3.28. The summed E-state index contributed by atoms with van der Waals surface area (Å²) in [6.45, 7) is 10.3. The summed E-state index contributed by atoms with van der Waals surface area (Å²) in [5, 5.41) is 0. The first-order valence-electron chi connectivity index (χ1n) is 6.38. The Morgan fingerprint density at radius 1 is 1.17 bits per heavy atom. The first-order chi connectivity index (χ1) is 8.54. The van der Waals surface area contributed by atoms with Crippen molar-refractivity contribution in [3.05, 3.63) is 35.9 Å². The van der Waals surface area contributed by atoms with Gasteiger partial charge in [0, 0.05) is 5.56 Å². The van der Waals surface area contributed by atoms with Crippen molar-refractivity contribution in [1.29, 1.82) is 0 Å². The molecule has 1 atom stereocenters. The molecule has 1 rings (SSSR count). The second kappa shape index (κ2) is 6.48. The van der Waals surface area contributed by atoms with E-state index in [0.717, 1.165) is 29.0 Å². The van der Waals surface area contributed by atoms with E-state index in [2.05, 4.69) is 32.6 Å². The molecule has 0 radical (unpaired) electrons. The Morgan fingerprint density at radius 2 is 1.67 bits per heavy atom. The van der Waals surface area contributed by atoms with E-state index in [1.54, 1.807) is 14.2 Å². The molecule has 0 aromatic heterocycles. The van der Waals surface area contributed by atoms with Crippen LogP contribution in [0.15, 0.2) is 24.8 Å². The minimum atomic E-state index is 0.369. The quantitative estimate of drug-likeness (QED) is 0.698. The molecule has 0 amide bonds. The molecule has 1 aromatic rings. The Balaban J connectivity index is 3.37. The van der Waals surface area contributed by atoms with Gasteiger partial charge in [-0.05, 0) is 42.9 Å². The summed E-state index contributed by atoms with van der Waals surface area (Å²) in [6.07, 6.45) is 2.89. The van der Waals surface area contributed by atoms with Crippen LogP contribution in [0.5, 0.6) is 11.5 Å². The fourth-order valence-corrected chi connectivity index (χ4v) is 2.34. The zero-order valence-electron chi connectivity index (χ0n) is 12.1. The molecule has 0 bridgehead atoms. The van der Waals surface area contributed by atoms with Gasteiger partial charge in [-0.2, -0.15) is 0 Å². The van der Waals surface area contributed by atoms with Gasteiger partial charge in [-0.1, -0.05) is 19.9 Å². The molecule has 0 spiro atoms. The van der Waals surface area contributed by atoms with E-state index in [1.165, 1.54) is 0 Å². The lowest BCUT2D eigenvalue weighted by atomic mass is 9.84. The predicted molar refractivity (Wildman–Crippen MR) is 76.7 cm³/mol. The van der Waals surface area contributed by atoms with Crippen molar-refractivity contribution in [3.63, 3.8) is 0 Å². The van der Waals surface area contributed by atoms with Crippen molar-refractivity contribution in [2.45, 2.75) is 33.1 Å². The van der Waals surface area contributed by atoms with Crippen molar-refractivity contribution in [2.24, 2.45) is 5.92 Å². The van der Waals surface area contributed by atoms with Crippen LogP contribution in [0.25, 0.3) is 0 Å². The molecule has 2 heteroatoms. The van der Waals surface area contributed by atoms with E-state index < -0.39 is 0 Å². The standard InChI is InChI=1S/C16H24O2/c1-7-8-13(11(2)3)16-14(17-5)9-12(4)10-15(16)18-6/h7,9-11,13H,1,8H2,2-6H3. The molecule has 0 aliphatic heterocycles. The van der Waals surface area contributed by atoms with Crippen molar-refractivity contribution in [2.75, 3.05) is 14.2 Å².